The van der Waals surface area contributed by atoms with Crippen LogP contribution in [0.5, 0.6) is 0 Å². The van der Waals surface area contributed by atoms with E-state index >= 15 is 0 Å². The lowest BCUT2D eigenvalue weighted by molar-refractivity contribution is -0.129. The molecule has 2 fully saturated rings. The molecule has 0 bridgehead atoms. The summed E-state index contributed by atoms with van der Waals surface area (Å²) in [5, 5.41) is 2.71. The minimum atomic E-state index is -3.55. The predicted octanol–water partition coefficient (Wildman–Crippen LogP) is -0.897. The topological polar surface area (TPSA) is 98.8 Å². The van der Waals surface area contributed by atoms with Gasteiger partial charge in [0.1, 0.15) is 5.54 Å². The third-order valence-electron chi connectivity index (χ3n) is 4.01. The monoisotopic (exact) mass is 304 g/mol. The van der Waals surface area contributed by atoms with Crippen LogP contribution in [0.3, 0.4) is 0 Å². The van der Waals surface area contributed by atoms with Gasteiger partial charge in [-0.3, -0.25) is 9.69 Å². The van der Waals surface area contributed by atoms with E-state index in [1.807, 2.05) is 13.8 Å². The SMILES string of the molecule is CN(C)S(=O)(=O)NCCN1C(=O)NC2(CC2(C)C)C1=O. The molecule has 114 valence electrons. The first-order valence-electron chi connectivity index (χ1n) is 6.35. The second-order valence-corrected chi connectivity index (χ2v) is 8.00. The van der Waals surface area contributed by atoms with E-state index in [2.05, 4.69) is 10.0 Å². The third-order valence-corrected chi connectivity index (χ3v) is 5.54. The summed E-state index contributed by atoms with van der Waals surface area (Å²) in [6.45, 7) is 3.86. The van der Waals surface area contributed by atoms with Crippen molar-refractivity contribution in [2.24, 2.45) is 5.41 Å². The maximum absolute atomic E-state index is 12.3. The Kier molecular flexibility index (Phi) is 3.35. The summed E-state index contributed by atoms with van der Waals surface area (Å²) in [5.41, 5.74) is -1.03. The highest BCUT2D eigenvalue weighted by Gasteiger charge is 2.72. The second kappa shape index (κ2) is 4.40. The number of nitrogens with one attached hydrogen (secondary N) is 2. The zero-order valence-electron chi connectivity index (χ0n) is 12.1. The first-order valence-corrected chi connectivity index (χ1v) is 7.79. The Morgan fingerprint density at radius 1 is 1.35 bits per heavy atom. The van der Waals surface area contributed by atoms with Gasteiger partial charge in [-0.2, -0.15) is 12.7 Å². The first kappa shape index (κ1) is 15.2. The van der Waals surface area contributed by atoms with E-state index in [-0.39, 0.29) is 24.4 Å². The molecule has 9 heteroatoms. The van der Waals surface area contributed by atoms with Crippen LogP contribution in [-0.4, -0.2) is 62.3 Å². The molecule has 0 aromatic rings. The summed E-state index contributed by atoms with van der Waals surface area (Å²) in [5.74, 6) is -0.267. The average Bonchev–Trinajstić information content (AvgIpc) is 2.77. The van der Waals surface area contributed by atoms with Gasteiger partial charge in [-0.05, 0) is 11.8 Å². The van der Waals surface area contributed by atoms with Crippen molar-refractivity contribution in [3.63, 3.8) is 0 Å². The van der Waals surface area contributed by atoms with E-state index in [0.717, 1.165) is 9.21 Å². The molecule has 1 aliphatic heterocycles. The van der Waals surface area contributed by atoms with E-state index in [0.29, 0.717) is 6.42 Å². The molecule has 2 rings (SSSR count). The predicted molar refractivity (Wildman–Crippen MR) is 72.0 cm³/mol. The van der Waals surface area contributed by atoms with Gasteiger partial charge in [-0.15, -0.1) is 0 Å². The zero-order chi connectivity index (χ0) is 15.3. The fourth-order valence-corrected chi connectivity index (χ4v) is 3.05. The minimum absolute atomic E-state index is 0.00379. The van der Waals surface area contributed by atoms with Crippen LogP contribution in [0.15, 0.2) is 0 Å². The van der Waals surface area contributed by atoms with Crippen molar-refractivity contribution >= 4 is 22.1 Å². The van der Waals surface area contributed by atoms with E-state index in [1.54, 1.807) is 0 Å². The molecule has 1 saturated heterocycles. The summed E-state index contributed by atoms with van der Waals surface area (Å²) >= 11 is 0. The van der Waals surface area contributed by atoms with Crippen molar-refractivity contribution in [1.29, 1.82) is 0 Å². The molecule has 0 radical (unpaired) electrons. The van der Waals surface area contributed by atoms with Crippen molar-refractivity contribution in [3.05, 3.63) is 0 Å². The number of hydrogen-bond donors (Lipinski definition) is 2. The van der Waals surface area contributed by atoms with Gasteiger partial charge in [0.2, 0.25) is 0 Å². The quantitative estimate of drug-likeness (QED) is 0.643. The number of nitrogens with zero attached hydrogens (tertiary/aromatic N) is 2. The van der Waals surface area contributed by atoms with Gasteiger partial charge in [0.15, 0.2) is 0 Å². The standard InChI is InChI=1S/C11H20N4O4S/c1-10(2)7-11(10)8(16)15(9(17)13-11)6-5-12-20(18,19)14(3)4/h12H,5-7H2,1-4H3,(H,13,17). The summed E-state index contributed by atoms with van der Waals surface area (Å²) in [6.07, 6.45) is 0.616. The Labute approximate surface area is 118 Å². The zero-order valence-corrected chi connectivity index (χ0v) is 12.9. The van der Waals surface area contributed by atoms with E-state index in [9.17, 15) is 18.0 Å². The lowest BCUT2D eigenvalue weighted by atomic mass is 10.1. The number of imide groups is 1. The Morgan fingerprint density at radius 2 is 1.90 bits per heavy atom. The highest BCUT2D eigenvalue weighted by atomic mass is 32.2. The summed E-state index contributed by atoms with van der Waals surface area (Å²) in [4.78, 5) is 25.2. The van der Waals surface area contributed by atoms with Crippen LogP contribution in [0.2, 0.25) is 0 Å². The van der Waals surface area contributed by atoms with Crippen LogP contribution in [0.25, 0.3) is 0 Å². The Hall–Kier alpha value is -1.19. The van der Waals surface area contributed by atoms with Gasteiger partial charge in [0.25, 0.3) is 16.1 Å². The number of amides is 3. The average molecular weight is 304 g/mol. The Morgan fingerprint density at radius 3 is 2.30 bits per heavy atom. The molecule has 0 aromatic carbocycles. The van der Waals surface area contributed by atoms with Gasteiger partial charge in [-0.1, -0.05) is 13.8 Å². The molecule has 3 amide bonds. The number of carbonyl (C=O) groups excluding carboxylic acids is 2. The van der Waals surface area contributed by atoms with Crippen LogP contribution in [0, 0.1) is 5.41 Å². The van der Waals surface area contributed by atoms with Gasteiger partial charge in [-0.25, -0.2) is 9.52 Å². The van der Waals surface area contributed by atoms with Gasteiger partial charge >= 0.3 is 6.03 Å². The smallest absolute Gasteiger partial charge is 0.323 e. The Bertz CT molecular complexity index is 557. The number of urea groups is 1. The van der Waals surface area contributed by atoms with Crippen LogP contribution in [-0.2, 0) is 15.0 Å². The van der Waals surface area contributed by atoms with E-state index in [4.69, 9.17) is 0 Å². The van der Waals surface area contributed by atoms with Crippen LogP contribution in [0.1, 0.15) is 20.3 Å². The van der Waals surface area contributed by atoms with Crippen molar-refractivity contribution in [3.8, 4) is 0 Å². The summed E-state index contributed by atoms with van der Waals surface area (Å²) in [6, 6.07) is -0.454. The number of carbonyl (C=O) groups is 2. The molecule has 1 aliphatic carbocycles. The highest BCUT2D eigenvalue weighted by Crippen LogP contribution is 2.58. The van der Waals surface area contributed by atoms with Crippen molar-refractivity contribution in [2.75, 3.05) is 27.2 Å². The molecule has 1 spiro atoms. The molecule has 2 N–H and O–H groups in total. The van der Waals surface area contributed by atoms with Crippen LogP contribution >= 0.6 is 0 Å². The van der Waals surface area contributed by atoms with Crippen LogP contribution < -0.4 is 10.0 Å². The highest BCUT2D eigenvalue weighted by molar-refractivity contribution is 7.87. The van der Waals surface area contributed by atoms with Gasteiger partial charge in [0, 0.05) is 27.2 Å². The van der Waals surface area contributed by atoms with Gasteiger partial charge in [0.05, 0.1) is 0 Å². The van der Waals surface area contributed by atoms with Crippen LogP contribution in [0.4, 0.5) is 4.79 Å². The maximum Gasteiger partial charge on any atom is 0.325 e. The molecular weight excluding hydrogens is 284 g/mol. The number of rotatable bonds is 5. The summed E-state index contributed by atoms with van der Waals surface area (Å²) < 4.78 is 26.4. The molecule has 0 aromatic heterocycles. The lowest BCUT2D eigenvalue weighted by Crippen LogP contribution is -2.42. The number of hydrogen-bond acceptors (Lipinski definition) is 4. The molecule has 1 heterocycles. The van der Waals surface area contributed by atoms with Crippen molar-refractivity contribution < 1.29 is 18.0 Å². The van der Waals surface area contributed by atoms with Crippen molar-refractivity contribution in [2.45, 2.75) is 25.8 Å². The summed E-state index contributed by atoms with van der Waals surface area (Å²) in [7, 11) is -0.746. The third kappa shape index (κ3) is 2.19. The first-order chi connectivity index (χ1) is 9.03. The van der Waals surface area contributed by atoms with Crippen molar-refractivity contribution in [1.82, 2.24) is 19.2 Å². The van der Waals surface area contributed by atoms with E-state index in [1.165, 1.54) is 14.1 Å². The maximum atomic E-state index is 12.3. The fraction of sp³-hybridized carbons (Fsp3) is 0.818. The van der Waals surface area contributed by atoms with E-state index < -0.39 is 21.8 Å². The molecule has 2 aliphatic rings. The minimum Gasteiger partial charge on any atom is -0.323 e. The molecular formula is C11H20N4O4S. The van der Waals surface area contributed by atoms with Gasteiger partial charge < -0.3 is 5.32 Å². The molecule has 1 atom stereocenters. The molecule has 1 saturated carbocycles. The normalized spacial score (nSPS) is 28.4. The lowest BCUT2D eigenvalue weighted by Gasteiger charge is -2.16. The molecule has 1 unspecified atom stereocenters. The fourth-order valence-electron chi connectivity index (χ4n) is 2.44. The largest absolute Gasteiger partial charge is 0.325 e. The molecule has 20 heavy (non-hydrogen) atoms. The molecule has 8 nitrogen and oxygen atoms in total. The Balaban J connectivity index is 1.95. The second-order valence-electron chi connectivity index (χ2n) is 6.03.